The number of thioether (sulfide) groups is 1. The van der Waals surface area contributed by atoms with Crippen LogP contribution in [0.2, 0.25) is 0 Å². The number of hydrogen-bond donors (Lipinski definition) is 1. The highest BCUT2D eigenvalue weighted by atomic mass is 32.2. The number of carbonyl (C=O) groups excluding carboxylic acids is 1. The Hall–Kier alpha value is -1.36. The molecule has 0 aromatic carbocycles. The van der Waals surface area contributed by atoms with Gasteiger partial charge in [-0.05, 0) is 12.1 Å². The predicted octanol–water partition coefficient (Wildman–Crippen LogP) is 2.49. The van der Waals surface area contributed by atoms with Gasteiger partial charge in [-0.1, -0.05) is 32.5 Å². The lowest BCUT2D eigenvalue weighted by Crippen LogP contribution is -2.22. The zero-order chi connectivity index (χ0) is 13.1. The van der Waals surface area contributed by atoms with Crippen molar-refractivity contribution in [3.05, 3.63) is 23.9 Å². The van der Waals surface area contributed by atoms with Gasteiger partial charge in [0, 0.05) is 11.6 Å². The first-order valence-corrected chi connectivity index (χ1v) is 6.15. The van der Waals surface area contributed by atoms with Crippen molar-refractivity contribution in [3.8, 4) is 0 Å². The molecule has 0 radical (unpaired) electrons. The van der Waals surface area contributed by atoms with E-state index in [4.69, 9.17) is 5.11 Å². The van der Waals surface area contributed by atoms with Crippen molar-refractivity contribution >= 4 is 23.5 Å². The van der Waals surface area contributed by atoms with Gasteiger partial charge in [-0.3, -0.25) is 4.79 Å². The Morgan fingerprint density at radius 3 is 2.59 bits per heavy atom. The minimum Gasteiger partial charge on any atom is -0.478 e. The molecule has 1 N–H and O–H groups in total. The smallest absolute Gasteiger partial charge is 0.338 e. The third-order valence-electron chi connectivity index (χ3n) is 2.18. The SMILES string of the molecule is CC(C)(C)C(=O)CSc1ncccc1C(=O)O. The van der Waals surface area contributed by atoms with Gasteiger partial charge in [0.2, 0.25) is 0 Å². The molecule has 0 aliphatic heterocycles. The number of pyridine rings is 1. The van der Waals surface area contributed by atoms with Gasteiger partial charge in [0.05, 0.1) is 11.3 Å². The molecule has 4 nitrogen and oxygen atoms in total. The summed E-state index contributed by atoms with van der Waals surface area (Å²) < 4.78 is 0. The number of Topliss-reactive ketones (excluding diaryl/α,β-unsaturated/α-hetero) is 1. The molecule has 0 bridgehead atoms. The Morgan fingerprint density at radius 1 is 1.41 bits per heavy atom. The van der Waals surface area contributed by atoms with Crippen LogP contribution in [0, 0.1) is 5.41 Å². The lowest BCUT2D eigenvalue weighted by atomic mass is 9.92. The number of carboxylic acids is 1. The summed E-state index contributed by atoms with van der Waals surface area (Å²) in [6, 6.07) is 3.05. The Balaban J connectivity index is 2.77. The van der Waals surface area contributed by atoms with Crippen molar-refractivity contribution in [1.29, 1.82) is 0 Å². The first kappa shape index (κ1) is 13.7. The second-order valence-corrected chi connectivity index (χ2v) is 5.59. The van der Waals surface area contributed by atoms with Crippen LogP contribution in [0.3, 0.4) is 0 Å². The predicted molar refractivity (Wildman–Crippen MR) is 66.4 cm³/mol. The van der Waals surface area contributed by atoms with E-state index < -0.39 is 11.4 Å². The maximum Gasteiger partial charge on any atom is 0.338 e. The summed E-state index contributed by atoms with van der Waals surface area (Å²) in [6.07, 6.45) is 1.52. The third-order valence-corrected chi connectivity index (χ3v) is 3.18. The number of carbonyl (C=O) groups is 2. The molecule has 0 amide bonds. The summed E-state index contributed by atoms with van der Waals surface area (Å²) in [5.41, 5.74) is -0.273. The number of aromatic carboxylic acids is 1. The highest BCUT2D eigenvalue weighted by Gasteiger charge is 2.22. The second kappa shape index (κ2) is 5.31. The van der Waals surface area contributed by atoms with E-state index in [1.165, 1.54) is 24.0 Å². The molecule has 1 rings (SSSR count). The van der Waals surface area contributed by atoms with Crippen LogP contribution in [0.1, 0.15) is 31.1 Å². The maximum absolute atomic E-state index is 11.7. The van der Waals surface area contributed by atoms with Crippen LogP contribution in [0.25, 0.3) is 0 Å². The zero-order valence-electron chi connectivity index (χ0n) is 10.1. The molecule has 0 unspecified atom stereocenters. The third kappa shape index (κ3) is 3.85. The molecule has 0 atom stereocenters. The largest absolute Gasteiger partial charge is 0.478 e. The fourth-order valence-corrected chi connectivity index (χ4v) is 2.17. The summed E-state index contributed by atoms with van der Waals surface area (Å²) >= 11 is 1.17. The fraction of sp³-hybridized carbons (Fsp3) is 0.417. The van der Waals surface area contributed by atoms with Crippen molar-refractivity contribution in [2.24, 2.45) is 5.41 Å². The molecular formula is C12H15NO3S. The standard InChI is InChI=1S/C12H15NO3S/c1-12(2,3)9(14)7-17-10-8(11(15)16)5-4-6-13-10/h4-6H,7H2,1-3H3,(H,15,16). The fourth-order valence-electron chi connectivity index (χ4n) is 1.02. The van der Waals surface area contributed by atoms with E-state index in [-0.39, 0.29) is 17.1 Å². The van der Waals surface area contributed by atoms with Gasteiger partial charge in [-0.2, -0.15) is 0 Å². The molecule has 1 heterocycles. The molecule has 0 fully saturated rings. The van der Waals surface area contributed by atoms with Crippen LogP contribution < -0.4 is 0 Å². The minimum atomic E-state index is -1.02. The molecule has 5 heteroatoms. The average Bonchev–Trinajstić information content (AvgIpc) is 2.24. The Morgan fingerprint density at radius 2 is 2.06 bits per heavy atom. The van der Waals surface area contributed by atoms with Crippen LogP contribution in [0.4, 0.5) is 0 Å². The Kier molecular flexibility index (Phi) is 4.28. The second-order valence-electron chi connectivity index (χ2n) is 4.62. The number of hydrogen-bond acceptors (Lipinski definition) is 4. The lowest BCUT2D eigenvalue weighted by Gasteiger charge is -2.15. The molecule has 17 heavy (non-hydrogen) atoms. The molecule has 0 spiro atoms. The van der Waals surface area contributed by atoms with Crippen LogP contribution in [-0.4, -0.2) is 27.6 Å². The highest BCUT2D eigenvalue weighted by Crippen LogP contribution is 2.24. The van der Waals surface area contributed by atoms with Gasteiger partial charge in [0.15, 0.2) is 0 Å². The van der Waals surface area contributed by atoms with E-state index in [0.29, 0.717) is 5.03 Å². The van der Waals surface area contributed by atoms with Crippen molar-refractivity contribution in [3.63, 3.8) is 0 Å². The molecule has 1 aromatic rings. The molecule has 0 aliphatic carbocycles. The number of rotatable bonds is 4. The van der Waals surface area contributed by atoms with Crippen molar-refractivity contribution < 1.29 is 14.7 Å². The molecule has 1 aromatic heterocycles. The van der Waals surface area contributed by atoms with Crippen LogP contribution in [-0.2, 0) is 4.79 Å². The number of ketones is 1. The Labute approximate surface area is 104 Å². The molecule has 0 saturated carbocycles. The summed E-state index contributed by atoms with van der Waals surface area (Å²) in [5, 5.41) is 9.34. The van der Waals surface area contributed by atoms with Crippen molar-refractivity contribution in [1.82, 2.24) is 4.98 Å². The summed E-state index contributed by atoms with van der Waals surface area (Å²) in [4.78, 5) is 26.6. The van der Waals surface area contributed by atoms with Gasteiger partial charge in [-0.25, -0.2) is 9.78 Å². The van der Waals surface area contributed by atoms with Crippen molar-refractivity contribution in [2.45, 2.75) is 25.8 Å². The van der Waals surface area contributed by atoms with Gasteiger partial charge in [-0.15, -0.1) is 0 Å². The average molecular weight is 253 g/mol. The maximum atomic E-state index is 11.7. The van der Waals surface area contributed by atoms with Crippen LogP contribution in [0.15, 0.2) is 23.4 Å². The van der Waals surface area contributed by atoms with E-state index in [2.05, 4.69) is 4.98 Å². The molecular weight excluding hydrogens is 238 g/mol. The first-order chi connectivity index (χ1) is 7.82. The Bertz CT molecular complexity index is 438. The quantitative estimate of drug-likeness (QED) is 0.835. The van der Waals surface area contributed by atoms with Gasteiger partial charge in [0.25, 0.3) is 0 Å². The first-order valence-electron chi connectivity index (χ1n) is 5.17. The monoisotopic (exact) mass is 253 g/mol. The number of carboxylic acid groups (broad SMARTS) is 1. The summed E-state index contributed by atoms with van der Waals surface area (Å²) in [6.45, 7) is 5.52. The summed E-state index contributed by atoms with van der Waals surface area (Å²) in [5.74, 6) is -0.714. The molecule has 0 aliphatic rings. The van der Waals surface area contributed by atoms with Crippen molar-refractivity contribution in [2.75, 3.05) is 5.75 Å². The minimum absolute atomic E-state index is 0.0736. The van der Waals surface area contributed by atoms with Crippen LogP contribution >= 0.6 is 11.8 Å². The number of nitrogens with zero attached hydrogens (tertiary/aromatic N) is 1. The van der Waals surface area contributed by atoms with Gasteiger partial charge >= 0.3 is 5.97 Å². The van der Waals surface area contributed by atoms with Gasteiger partial charge < -0.3 is 5.11 Å². The highest BCUT2D eigenvalue weighted by molar-refractivity contribution is 8.00. The molecule has 0 saturated heterocycles. The lowest BCUT2D eigenvalue weighted by molar-refractivity contribution is -0.123. The van der Waals surface area contributed by atoms with E-state index in [1.807, 2.05) is 20.8 Å². The number of aromatic nitrogens is 1. The van der Waals surface area contributed by atoms with Gasteiger partial charge in [0.1, 0.15) is 10.8 Å². The topological polar surface area (TPSA) is 67.3 Å². The van der Waals surface area contributed by atoms with E-state index in [9.17, 15) is 9.59 Å². The zero-order valence-corrected chi connectivity index (χ0v) is 10.9. The van der Waals surface area contributed by atoms with Crippen LogP contribution in [0.5, 0.6) is 0 Å². The van der Waals surface area contributed by atoms with E-state index >= 15 is 0 Å². The van der Waals surface area contributed by atoms with E-state index in [1.54, 1.807) is 6.07 Å². The summed E-state index contributed by atoms with van der Waals surface area (Å²) in [7, 11) is 0. The normalized spacial score (nSPS) is 11.2. The molecule has 92 valence electrons. The van der Waals surface area contributed by atoms with E-state index in [0.717, 1.165) is 0 Å².